The summed E-state index contributed by atoms with van der Waals surface area (Å²) in [5, 5.41) is 16.0. The molecular formula is C13H19N5OS. The summed E-state index contributed by atoms with van der Waals surface area (Å²) in [4.78, 5) is 0. The van der Waals surface area contributed by atoms with Crippen molar-refractivity contribution in [1.82, 2.24) is 25.5 Å². The molecule has 1 aromatic heterocycles. The van der Waals surface area contributed by atoms with Crippen molar-refractivity contribution in [3.05, 3.63) is 30.3 Å². The molecule has 0 aliphatic rings. The first-order chi connectivity index (χ1) is 9.92. The maximum Gasteiger partial charge on any atom is 0.214 e. The van der Waals surface area contributed by atoms with Crippen molar-refractivity contribution in [2.45, 2.75) is 11.6 Å². The number of thioether (sulfide) groups is 1. The smallest absolute Gasteiger partial charge is 0.214 e. The second-order valence-corrected chi connectivity index (χ2v) is 5.22. The molecule has 0 amide bonds. The van der Waals surface area contributed by atoms with Gasteiger partial charge in [-0.25, -0.2) is 0 Å². The molecule has 2 rings (SSSR count). The molecule has 0 atom stereocenters. The fraction of sp³-hybridized carbons (Fsp3) is 0.462. The van der Waals surface area contributed by atoms with Gasteiger partial charge in [0.25, 0.3) is 0 Å². The maximum absolute atomic E-state index is 4.97. The van der Waals surface area contributed by atoms with E-state index < -0.39 is 0 Å². The predicted molar refractivity (Wildman–Crippen MR) is 79.2 cm³/mol. The number of ether oxygens (including phenoxy) is 1. The summed E-state index contributed by atoms with van der Waals surface area (Å²) in [5.74, 6) is 0.979. The third-order valence-corrected chi connectivity index (χ3v) is 3.66. The van der Waals surface area contributed by atoms with Gasteiger partial charge in [-0.1, -0.05) is 30.0 Å². The summed E-state index contributed by atoms with van der Waals surface area (Å²) in [6.07, 6.45) is 1.07. The molecule has 6 nitrogen and oxygen atoms in total. The summed E-state index contributed by atoms with van der Waals surface area (Å²) in [7, 11) is 1.71. The van der Waals surface area contributed by atoms with Gasteiger partial charge in [0.2, 0.25) is 5.16 Å². The molecule has 7 heteroatoms. The first-order valence-corrected chi connectivity index (χ1v) is 7.56. The number of para-hydroxylation sites is 1. The third kappa shape index (κ3) is 4.59. The summed E-state index contributed by atoms with van der Waals surface area (Å²) in [5.41, 5.74) is 0.984. The number of aromatic nitrogens is 4. The molecule has 0 fully saturated rings. The minimum absolute atomic E-state index is 0.749. The lowest BCUT2D eigenvalue weighted by Crippen LogP contribution is -2.20. The van der Waals surface area contributed by atoms with Crippen molar-refractivity contribution in [1.29, 1.82) is 0 Å². The van der Waals surface area contributed by atoms with Crippen molar-refractivity contribution < 1.29 is 4.74 Å². The maximum atomic E-state index is 4.97. The van der Waals surface area contributed by atoms with Gasteiger partial charge in [-0.15, -0.1) is 5.10 Å². The van der Waals surface area contributed by atoms with Crippen LogP contribution < -0.4 is 5.32 Å². The van der Waals surface area contributed by atoms with E-state index in [4.69, 9.17) is 4.74 Å². The van der Waals surface area contributed by atoms with Gasteiger partial charge < -0.3 is 10.1 Å². The Morgan fingerprint density at radius 1 is 1.25 bits per heavy atom. The topological polar surface area (TPSA) is 64.9 Å². The molecule has 0 spiro atoms. The highest BCUT2D eigenvalue weighted by Crippen LogP contribution is 2.18. The molecule has 20 heavy (non-hydrogen) atoms. The van der Waals surface area contributed by atoms with E-state index in [0.717, 1.165) is 42.7 Å². The molecule has 2 aromatic rings. The Hall–Kier alpha value is -1.44. The van der Waals surface area contributed by atoms with Gasteiger partial charge in [-0.2, -0.15) is 4.68 Å². The summed E-state index contributed by atoms with van der Waals surface area (Å²) >= 11 is 1.67. The van der Waals surface area contributed by atoms with E-state index in [9.17, 15) is 0 Å². The van der Waals surface area contributed by atoms with Gasteiger partial charge in [0.15, 0.2) is 0 Å². The standard InChI is InChI=1S/C13H19N5OS/c1-19-10-9-14-8-5-11-20-13-15-16-17-18(13)12-6-3-2-4-7-12/h2-4,6-7,14H,5,8-11H2,1H3. The molecule has 0 saturated heterocycles. The van der Waals surface area contributed by atoms with Crippen LogP contribution in [0.4, 0.5) is 0 Å². The summed E-state index contributed by atoms with van der Waals surface area (Å²) in [6.45, 7) is 2.62. The molecule has 0 bridgehead atoms. The number of methoxy groups -OCH3 is 1. The Kier molecular flexibility index (Phi) is 6.49. The summed E-state index contributed by atoms with van der Waals surface area (Å²) < 4.78 is 6.74. The first-order valence-electron chi connectivity index (χ1n) is 6.58. The number of nitrogens with one attached hydrogen (secondary N) is 1. The SMILES string of the molecule is COCCNCCCSc1nnnn1-c1ccccc1. The highest BCUT2D eigenvalue weighted by molar-refractivity contribution is 7.99. The molecule has 1 heterocycles. The number of benzene rings is 1. The Labute approximate surface area is 122 Å². The monoisotopic (exact) mass is 293 g/mol. The Morgan fingerprint density at radius 2 is 2.10 bits per heavy atom. The zero-order valence-corrected chi connectivity index (χ0v) is 12.3. The lowest BCUT2D eigenvalue weighted by molar-refractivity contribution is 0.199. The zero-order valence-electron chi connectivity index (χ0n) is 11.5. The van der Waals surface area contributed by atoms with Crippen LogP contribution in [-0.4, -0.2) is 52.8 Å². The van der Waals surface area contributed by atoms with Crippen molar-refractivity contribution in [3.8, 4) is 5.69 Å². The van der Waals surface area contributed by atoms with Crippen LogP contribution in [0.25, 0.3) is 5.69 Å². The predicted octanol–water partition coefficient (Wildman–Crippen LogP) is 1.38. The molecule has 108 valence electrons. The fourth-order valence-electron chi connectivity index (χ4n) is 1.66. The van der Waals surface area contributed by atoms with E-state index in [2.05, 4.69) is 20.8 Å². The van der Waals surface area contributed by atoms with Gasteiger partial charge in [-0.05, 0) is 35.5 Å². The van der Waals surface area contributed by atoms with Crippen LogP contribution in [0.3, 0.4) is 0 Å². The van der Waals surface area contributed by atoms with Crippen molar-refractivity contribution in [2.75, 3.05) is 32.6 Å². The summed E-state index contributed by atoms with van der Waals surface area (Å²) in [6, 6.07) is 9.92. The molecule has 0 aliphatic carbocycles. The molecule has 0 radical (unpaired) electrons. The molecule has 0 unspecified atom stereocenters. The van der Waals surface area contributed by atoms with Crippen LogP contribution in [0.2, 0.25) is 0 Å². The van der Waals surface area contributed by atoms with Crippen molar-refractivity contribution >= 4 is 11.8 Å². The second-order valence-electron chi connectivity index (χ2n) is 4.15. The molecule has 0 saturated carbocycles. The quantitative estimate of drug-likeness (QED) is 0.556. The lowest BCUT2D eigenvalue weighted by Gasteiger charge is -2.05. The molecular weight excluding hydrogens is 274 g/mol. The number of nitrogens with zero attached hydrogens (tertiary/aromatic N) is 4. The number of rotatable bonds is 9. The van der Waals surface area contributed by atoms with E-state index in [0.29, 0.717) is 0 Å². The normalized spacial score (nSPS) is 10.8. The number of hydrogen-bond acceptors (Lipinski definition) is 6. The van der Waals surface area contributed by atoms with Crippen LogP contribution in [0.1, 0.15) is 6.42 Å². The zero-order chi connectivity index (χ0) is 14.0. The Morgan fingerprint density at radius 3 is 2.90 bits per heavy atom. The second kappa shape index (κ2) is 8.68. The van der Waals surface area contributed by atoms with Crippen LogP contribution >= 0.6 is 11.8 Å². The largest absolute Gasteiger partial charge is 0.383 e. The molecule has 0 aliphatic heterocycles. The highest BCUT2D eigenvalue weighted by Gasteiger charge is 2.07. The van der Waals surface area contributed by atoms with Crippen molar-refractivity contribution in [3.63, 3.8) is 0 Å². The lowest BCUT2D eigenvalue weighted by atomic mass is 10.3. The average molecular weight is 293 g/mol. The van der Waals surface area contributed by atoms with Gasteiger partial charge in [-0.3, -0.25) is 0 Å². The highest BCUT2D eigenvalue weighted by atomic mass is 32.2. The minimum Gasteiger partial charge on any atom is -0.383 e. The third-order valence-electron chi connectivity index (χ3n) is 2.65. The molecule has 1 aromatic carbocycles. The fourth-order valence-corrected chi connectivity index (χ4v) is 2.49. The van der Waals surface area contributed by atoms with Crippen LogP contribution in [0.15, 0.2) is 35.5 Å². The van der Waals surface area contributed by atoms with Gasteiger partial charge in [0.1, 0.15) is 0 Å². The van der Waals surface area contributed by atoms with E-state index in [1.165, 1.54) is 0 Å². The Bertz CT molecular complexity index is 491. The van der Waals surface area contributed by atoms with Gasteiger partial charge in [0, 0.05) is 19.4 Å². The van der Waals surface area contributed by atoms with E-state index >= 15 is 0 Å². The first kappa shape index (κ1) is 15.0. The van der Waals surface area contributed by atoms with E-state index in [-0.39, 0.29) is 0 Å². The van der Waals surface area contributed by atoms with Gasteiger partial charge in [0.05, 0.1) is 12.3 Å². The number of hydrogen-bond donors (Lipinski definition) is 1. The minimum atomic E-state index is 0.749. The average Bonchev–Trinajstić information content (AvgIpc) is 2.96. The van der Waals surface area contributed by atoms with E-state index in [1.807, 2.05) is 30.3 Å². The Balaban J connectivity index is 1.76. The molecule has 1 N–H and O–H groups in total. The van der Waals surface area contributed by atoms with Crippen LogP contribution in [-0.2, 0) is 4.74 Å². The van der Waals surface area contributed by atoms with Crippen molar-refractivity contribution in [2.24, 2.45) is 0 Å². The van der Waals surface area contributed by atoms with E-state index in [1.54, 1.807) is 23.6 Å². The van der Waals surface area contributed by atoms with Crippen LogP contribution in [0.5, 0.6) is 0 Å². The number of tetrazole rings is 1. The van der Waals surface area contributed by atoms with Crippen LogP contribution in [0, 0.1) is 0 Å². The van der Waals surface area contributed by atoms with Gasteiger partial charge >= 0.3 is 0 Å².